The van der Waals surface area contributed by atoms with Gasteiger partial charge in [0.15, 0.2) is 0 Å². The van der Waals surface area contributed by atoms with Crippen LogP contribution in [-0.2, 0) is 19.1 Å². The molecule has 9 nitrogen and oxygen atoms in total. The van der Waals surface area contributed by atoms with E-state index in [1.807, 2.05) is 0 Å². The maximum absolute atomic E-state index is 12.5. The first-order chi connectivity index (χ1) is 13.8. The Balaban J connectivity index is 2.71. The van der Waals surface area contributed by atoms with Crippen molar-refractivity contribution < 1.29 is 28.7 Å². The molecule has 1 aromatic rings. The highest BCUT2D eigenvalue weighted by Gasteiger charge is 2.25. The van der Waals surface area contributed by atoms with E-state index in [2.05, 4.69) is 36.6 Å². The summed E-state index contributed by atoms with van der Waals surface area (Å²) in [6, 6.07) is 1.72. The first-order valence-electron chi connectivity index (χ1n) is 8.61. The maximum atomic E-state index is 12.5. The van der Waals surface area contributed by atoms with E-state index in [0.717, 1.165) is 7.11 Å². The van der Waals surface area contributed by atoms with Crippen LogP contribution in [0.2, 0.25) is 10.0 Å². The summed E-state index contributed by atoms with van der Waals surface area (Å²) >= 11 is 15.3. The SMILES string of the molecule is COC(=O)C(CNC(=O)CNC(=O)OC(C)(C)C)NC(=O)c1c(Cl)cc(Br)cc1Cl. The molecule has 0 aliphatic carbocycles. The number of methoxy groups -OCH3 is 1. The summed E-state index contributed by atoms with van der Waals surface area (Å²) in [7, 11) is 1.13. The topological polar surface area (TPSA) is 123 Å². The molecule has 0 saturated heterocycles. The Kier molecular flexibility index (Phi) is 9.86. The number of rotatable bonds is 7. The summed E-state index contributed by atoms with van der Waals surface area (Å²) in [5.74, 6) is -2.13. The third-order valence-electron chi connectivity index (χ3n) is 3.32. The van der Waals surface area contributed by atoms with Crippen molar-refractivity contribution in [1.82, 2.24) is 16.0 Å². The van der Waals surface area contributed by atoms with E-state index in [1.54, 1.807) is 20.8 Å². The van der Waals surface area contributed by atoms with E-state index in [-0.39, 0.29) is 28.7 Å². The van der Waals surface area contributed by atoms with E-state index in [4.69, 9.17) is 27.9 Å². The van der Waals surface area contributed by atoms with Gasteiger partial charge in [-0.3, -0.25) is 9.59 Å². The van der Waals surface area contributed by atoms with E-state index in [0.29, 0.717) is 4.47 Å². The lowest BCUT2D eigenvalue weighted by molar-refractivity contribution is -0.142. The van der Waals surface area contributed by atoms with Gasteiger partial charge in [0.05, 0.1) is 29.3 Å². The molecule has 3 amide bonds. The zero-order valence-corrected chi connectivity index (χ0v) is 19.8. The fourth-order valence-electron chi connectivity index (χ4n) is 2.07. The summed E-state index contributed by atoms with van der Waals surface area (Å²) in [6.07, 6.45) is -0.769. The first kappa shape index (κ1) is 26.0. The van der Waals surface area contributed by atoms with Gasteiger partial charge in [0, 0.05) is 11.0 Å². The Morgan fingerprint density at radius 3 is 2.17 bits per heavy atom. The van der Waals surface area contributed by atoms with E-state index >= 15 is 0 Å². The molecule has 0 heterocycles. The summed E-state index contributed by atoms with van der Waals surface area (Å²) < 4.78 is 10.2. The number of carbonyl (C=O) groups is 4. The van der Waals surface area contributed by atoms with Gasteiger partial charge in [0.25, 0.3) is 5.91 Å². The van der Waals surface area contributed by atoms with Crippen molar-refractivity contribution in [1.29, 1.82) is 0 Å². The summed E-state index contributed by atoms with van der Waals surface area (Å²) in [6.45, 7) is 4.36. The Labute approximate surface area is 192 Å². The normalized spacial score (nSPS) is 11.8. The lowest BCUT2D eigenvalue weighted by Crippen LogP contribution is -2.50. The van der Waals surface area contributed by atoms with Crippen LogP contribution in [0.5, 0.6) is 0 Å². The van der Waals surface area contributed by atoms with Gasteiger partial charge in [-0.2, -0.15) is 0 Å². The predicted octanol–water partition coefficient (Wildman–Crippen LogP) is 2.67. The molecule has 0 radical (unpaired) electrons. The van der Waals surface area contributed by atoms with Crippen molar-refractivity contribution in [2.24, 2.45) is 0 Å². The summed E-state index contributed by atoms with van der Waals surface area (Å²) in [5, 5.41) is 7.24. The van der Waals surface area contributed by atoms with Crippen LogP contribution in [0.3, 0.4) is 0 Å². The molecule has 0 saturated carbocycles. The number of esters is 1. The third kappa shape index (κ3) is 8.76. The highest BCUT2D eigenvalue weighted by atomic mass is 79.9. The predicted molar refractivity (Wildman–Crippen MR) is 115 cm³/mol. The third-order valence-corrected chi connectivity index (χ3v) is 4.37. The highest BCUT2D eigenvalue weighted by molar-refractivity contribution is 9.10. The molecule has 0 aliphatic heterocycles. The van der Waals surface area contributed by atoms with Crippen LogP contribution in [0.15, 0.2) is 16.6 Å². The Bertz CT molecular complexity index is 806. The second kappa shape index (κ2) is 11.4. The van der Waals surface area contributed by atoms with Crippen molar-refractivity contribution in [2.45, 2.75) is 32.4 Å². The van der Waals surface area contributed by atoms with Crippen LogP contribution in [0.1, 0.15) is 31.1 Å². The number of halogens is 3. The Hall–Kier alpha value is -2.04. The lowest BCUT2D eigenvalue weighted by atomic mass is 10.2. The lowest BCUT2D eigenvalue weighted by Gasteiger charge is -2.20. The van der Waals surface area contributed by atoms with Gasteiger partial charge in [-0.15, -0.1) is 0 Å². The number of carbonyl (C=O) groups excluding carboxylic acids is 4. The molecule has 3 N–H and O–H groups in total. The summed E-state index contributed by atoms with van der Waals surface area (Å²) in [4.78, 5) is 48.0. The van der Waals surface area contributed by atoms with Crippen molar-refractivity contribution in [3.63, 3.8) is 0 Å². The second-order valence-corrected chi connectivity index (χ2v) is 8.68. The Morgan fingerprint density at radius 2 is 1.67 bits per heavy atom. The van der Waals surface area contributed by atoms with Gasteiger partial charge in [0.2, 0.25) is 5.91 Å². The number of alkyl carbamates (subject to hydrolysis) is 1. The molecule has 1 rings (SSSR count). The number of hydrogen-bond acceptors (Lipinski definition) is 6. The minimum absolute atomic E-state index is 0.0339. The fourth-order valence-corrected chi connectivity index (χ4v) is 3.45. The molecule has 0 fully saturated rings. The molecule has 0 spiro atoms. The van der Waals surface area contributed by atoms with Gasteiger partial charge in [-0.05, 0) is 32.9 Å². The van der Waals surface area contributed by atoms with E-state index in [9.17, 15) is 19.2 Å². The quantitative estimate of drug-likeness (QED) is 0.469. The van der Waals surface area contributed by atoms with Crippen molar-refractivity contribution in [3.05, 3.63) is 32.2 Å². The molecule has 166 valence electrons. The molecule has 1 aromatic carbocycles. The summed E-state index contributed by atoms with van der Waals surface area (Å²) in [5.41, 5.74) is -0.746. The molecule has 1 atom stereocenters. The largest absolute Gasteiger partial charge is 0.467 e. The van der Waals surface area contributed by atoms with E-state index in [1.165, 1.54) is 12.1 Å². The average molecular weight is 527 g/mol. The zero-order chi connectivity index (χ0) is 23.1. The van der Waals surface area contributed by atoms with Gasteiger partial charge in [-0.25, -0.2) is 9.59 Å². The minimum atomic E-state index is -1.22. The molecule has 1 unspecified atom stereocenters. The Morgan fingerprint density at radius 1 is 1.10 bits per heavy atom. The number of benzene rings is 1. The monoisotopic (exact) mass is 525 g/mol. The molecular weight excluding hydrogens is 505 g/mol. The average Bonchev–Trinajstić information content (AvgIpc) is 2.60. The van der Waals surface area contributed by atoms with Crippen molar-refractivity contribution in [2.75, 3.05) is 20.2 Å². The number of amides is 3. The standard InChI is InChI=1S/C18H22BrCl2N3O6/c1-18(2,3)30-17(28)23-8-13(25)22-7-12(16(27)29-4)24-15(26)14-10(20)5-9(19)6-11(14)21/h5-6,12H,7-8H2,1-4H3,(H,22,25)(H,23,28)(H,24,26). The number of hydrogen-bond donors (Lipinski definition) is 3. The maximum Gasteiger partial charge on any atom is 0.408 e. The van der Waals surface area contributed by atoms with Crippen LogP contribution in [-0.4, -0.2) is 55.7 Å². The van der Waals surface area contributed by atoms with Crippen molar-refractivity contribution in [3.8, 4) is 0 Å². The molecule has 0 aromatic heterocycles. The fraction of sp³-hybridized carbons (Fsp3) is 0.444. The van der Waals surface area contributed by atoms with Crippen molar-refractivity contribution >= 4 is 63.0 Å². The van der Waals surface area contributed by atoms with Gasteiger partial charge < -0.3 is 25.4 Å². The first-order valence-corrected chi connectivity index (χ1v) is 10.2. The van der Waals surface area contributed by atoms with Gasteiger partial charge >= 0.3 is 12.1 Å². The second-order valence-electron chi connectivity index (χ2n) is 6.95. The highest BCUT2D eigenvalue weighted by Crippen LogP contribution is 2.29. The van der Waals surface area contributed by atoms with Crippen LogP contribution < -0.4 is 16.0 Å². The molecule has 12 heteroatoms. The van der Waals surface area contributed by atoms with Crippen LogP contribution >= 0.6 is 39.1 Å². The van der Waals surface area contributed by atoms with Crippen LogP contribution in [0, 0.1) is 0 Å². The number of ether oxygens (including phenoxy) is 2. The molecule has 0 bridgehead atoms. The van der Waals surface area contributed by atoms with Gasteiger partial charge in [0.1, 0.15) is 11.6 Å². The van der Waals surface area contributed by atoms with Crippen LogP contribution in [0.25, 0.3) is 0 Å². The molecule has 30 heavy (non-hydrogen) atoms. The van der Waals surface area contributed by atoms with Crippen LogP contribution in [0.4, 0.5) is 4.79 Å². The van der Waals surface area contributed by atoms with Gasteiger partial charge in [-0.1, -0.05) is 39.1 Å². The van der Waals surface area contributed by atoms with E-state index < -0.39 is 35.5 Å². The minimum Gasteiger partial charge on any atom is -0.467 e. The smallest absolute Gasteiger partial charge is 0.408 e. The number of nitrogens with one attached hydrogen (secondary N) is 3. The molecular formula is C18H22BrCl2N3O6. The zero-order valence-electron chi connectivity index (χ0n) is 16.7. The molecule has 0 aliphatic rings.